The van der Waals surface area contributed by atoms with Crippen molar-refractivity contribution in [2.24, 2.45) is 0 Å². The van der Waals surface area contributed by atoms with Crippen molar-refractivity contribution in [2.45, 2.75) is 26.4 Å². The highest BCUT2D eigenvalue weighted by atomic mass is 16.6. The highest BCUT2D eigenvalue weighted by Gasteiger charge is 2.08. The van der Waals surface area contributed by atoms with Crippen LogP contribution < -0.4 is 10.6 Å². The predicted molar refractivity (Wildman–Crippen MR) is 69.2 cm³/mol. The van der Waals surface area contributed by atoms with E-state index in [9.17, 15) is 4.79 Å². The Kier molecular flexibility index (Phi) is 6.10. The van der Waals surface area contributed by atoms with E-state index < -0.39 is 6.09 Å². The molecule has 1 aromatic carbocycles. The second-order valence-electron chi connectivity index (χ2n) is 3.91. The summed E-state index contributed by atoms with van der Waals surface area (Å²) >= 11 is 0. The summed E-state index contributed by atoms with van der Waals surface area (Å²) in [5, 5.41) is 5.87. The third kappa shape index (κ3) is 5.92. The lowest BCUT2D eigenvalue weighted by atomic mass is 10.3. The van der Waals surface area contributed by atoms with Crippen molar-refractivity contribution in [3.05, 3.63) is 30.3 Å². The van der Waals surface area contributed by atoms with E-state index in [-0.39, 0.29) is 6.10 Å². The molecule has 0 heterocycles. The lowest BCUT2D eigenvalue weighted by molar-refractivity contribution is 0.120. The molecule has 0 aliphatic carbocycles. The number of carbonyl (C=O) groups excluding carboxylic acids is 1. The SMILES string of the molecule is CCCNCC(C)OC(=O)Nc1ccccc1. The first-order valence-electron chi connectivity index (χ1n) is 5.95. The molecule has 4 heteroatoms. The normalized spacial score (nSPS) is 11.9. The number of amides is 1. The number of nitrogens with one attached hydrogen (secondary N) is 2. The molecule has 1 rings (SSSR count). The zero-order valence-corrected chi connectivity index (χ0v) is 10.4. The van der Waals surface area contributed by atoms with Gasteiger partial charge >= 0.3 is 6.09 Å². The van der Waals surface area contributed by atoms with Gasteiger partial charge in [-0.25, -0.2) is 4.79 Å². The summed E-state index contributed by atoms with van der Waals surface area (Å²) in [4.78, 5) is 11.5. The molecule has 0 saturated carbocycles. The van der Waals surface area contributed by atoms with E-state index in [1.807, 2.05) is 37.3 Å². The summed E-state index contributed by atoms with van der Waals surface area (Å²) in [7, 11) is 0. The third-order valence-corrected chi connectivity index (χ3v) is 2.19. The quantitative estimate of drug-likeness (QED) is 0.746. The molecule has 1 amide bonds. The molecule has 1 aromatic rings. The molecule has 2 N–H and O–H groups in total. The van der Waals surface area contributed by atoms with Crippen LogP contribution in [0.2, 0.25) is 0 Å². The predicted octanol–water partition coefficient (Wildman–Crippen LogP) is 2.62. The van der Waals surface area contributed by atoms with Gasteiger partial charge in [0, 0.05) is 12.2 Å². The molecule has 0 saturated heterocycles. The van der Waals surface area contributed by atoms with Crippen molar-refractivity contribution in [1.29, 1.82) is 0 Å². The highest BCUT2D eigenvalue weighted by molar-refractivity contribution is 5.84. The summed E-state index contributed by atoms with van der Waals surface area (Å²) in [5.74, 6) is 0. The lowest BCUT2D eigenvalue weighted by Gasteiger charge is -2.14. The topological polar surface area (TPSA) is 50.4 Å². The molecule has 17 heavy (non-hydrogen) atoms. The zero-order valence-electron chi connectivity index (χ0n) is 10.4. The van der Waals surface area contributed by atoms with E-state index in [0.29, 0.717) is 6.54 Å². The number of rotatable bonds is 6. The van der Waals surface area contributed by atoms with Crippen molar-refractivity contribution >= 4 is 11.8 Å². The van der Waals surface area contributed by atoms with Gasteiger partial charge < -0.3 is 10.1 Å². The summed E-state index contributed by atoms with van der Waals surface area (Å²) in [6, 6.07) is 9.26. The Morgan fingerprint density at radius 2 is 2.06 bits per heavy atom. The van der Waals surface area contributed by atoms with E-state index >= 15 is 0 Å². The van der Waals surface area contributed by atoms with E-state index in [0.717, 1.165) is 18.7 Å². The van der Waals surface area contributed by atoms with Gasteiger partial charge in [-0.1, -0.05) is 25.1 Å². The molecule has 0 fully saturated rings. The Hall–Kier alpha value is -1.55. The van der Waals surface area contributed by atoms with Gasteiger partial charge in [0.1, 0.15) is 6.10 Å². The van der Waals surface area contributed by atoms with Crippen LogP contribution in [0.5, 0.6) is 0 Å². The highest BCUT2D eigenvalue weighted by Crippen LogP contribution is 2.05. The Labute approximate surface area is 102 Å². The molecule has 0 bridgehead atoms. The molecule has 0 aliphatic rings. The monoisotopic (exact) mass is 236 g/mol. The first kappa shape index (κ1) is 13.5. The van der Waals surface area contributed by atoms with Crippen molar-refractivity contribution in [1.82, 2.24) is 5.32 Å². The minimum atomic E-state index is -0.415. The fraction of sp³-hybridized carbons (Fsp3) is 0.462. The maximum Gasteiger partial charge on any atom is 0.411 e. The average molecular weight is 236 g/mol. The molecule has 1 atom stereocenters. The van der Waals surface area contributed by atoms with Crippen molar-refractivity contribution in [3.63, 3.8) is 0 Å². The third-order valence-electron chi connectivity index (χ3n) is 2.19. The number of hydrogen-bond acceptors (Lipinski definition) is 3. The molecule has 0 spiro atoms. The van der Waals surface area contributed by atoms with Crippen LogP contribution in [0.25, 0.3) is 0 Å². The van der Waals surface area contributed by atoms with E-state index in [4.69, 9.17) is 4.74 Å². The largest absolute Gasteiger partial charge is 0.445 e. The van der Waals surface area contributed by atoms with Crippen molar-refractivity contribution < 1.29 is 9.53 Å². The van der Waals surface area contributed by atoms with Gasteiger partial charge in [-0.3, -0.25) is 5.32 Å². The molecule has 1 unspecified atom stereocenters. The van der Waals surface area contributed by atoms with E-state index in [1.54, 1.807) is 0 Å². The molecule has 94 valence electrons. The Bertz CT molecular complexity index is 327. The van der Waals surface area contributed by atoms with E-state index in [2.05, 4.69) is 17.6 Å². The Morgan fingerprint density at radius 3 is 2.71 bits per heavy atom. The number of ether oxygens (including phenoxy) is 1. The van der Waals surface area contributed by atoms with Crippen molar-refractivity contribution in [2.75, 3.05) is 18.4 Å². The smallest absolute Gasteiger partial charge is 0.411 e. The van der Waals surface area contributed by atoms with Gasteiger partial charge in [-0.2, -0.15) is 0 Å². The van der Waals surface area contributed by atoms with Crippen LogP contribution >= 0.6 is 0 Å². The van der Waals surface area contributed by atoms with Crippen LogP contribution in [0.15, 0.2) is 30.3 Å². The summed E-state index contributed by atoms with van der Waals surface area (Å²) in [6.07, 6.45) is 0.524. The number of anilines is 1. The zero-order chi connectivity index (χ0) is 12.5. The molecule has 4 nitrogen and oxygen atoms in total. The standard InChI is InChI=1S/C13H20N2O2/c1-3-9-14-10-11(2)17-13(16)15-12-7-5-4-6-8-12/h4-8,11,14H,3,9-10H2,1-2H3,(H,15,16). The van der Waals surface area contributed by atoms with Crippen molar-refractivity contribution in [3.8, 4) is 0 Å². The Morgan fingerprint density at radius 1 is 1.35 bits per heavy atom. The van der Waals surface area contributed by atoms with Gasteiger partial charge in [-0.05, 0) is 32.0 Å². The summed E-state index contributed by atoms with van der Waals surface area (Å²) < 4.78 is 5.19. The minimum Gasteiger partial charge on any atom is -0.445 e. The maximum atomic E-state index is 11.5. The molecule has 0 radical (unpaired) electrons. The van der Waals surface area contributed by atoms with Crippen LogP contribution in [0.4, 0.5) is 10.5 Å². The Balaban J connectivity index is 2.25. The second kappa shape index (κ2) is 7.68. The average Bonchev–Trinajstić information content (AvgIpc) is 2.30. The van der Waals surface area contributed by atoms with Gasteiger partial charge in [0.05, 0.1) is 0 Å². The number of para-hydroxylation sites is 1. The van der Waals surface area contributed by atoms with Gasteiger partial charge in [0.2, 0.25) is 0 Å². The number of carbonyl (C=O) groups is 1. The summed E-state index contributed by atoms with van der Waals surface area (Å²) in [6.45, 7) is 5.58. The minimum absolute atomic E-state index is 0.134. The van der Waals surface area contributed by atoms with Crippen LogP contribution in [-0.2, 0) is 4.74 Å². The van der Waals surface area contributed by atoms with E-state index in [1.165, 1.54) is 0 Å². The van der Waals surface area contributed by atoms with Crippen LogP contribution in [0, 0.1) is 0 Å². The van der Waals surface area contributed by atoms with Gasteiger partial charge in [-0.15, -0.1) is 0 Å². The maximum absolute atomic E-state index is 11.5. The van der Waals surface area contributed by atoms with Gasteiger partial charge in [0.15, 0.2) is 0 Å². The van der Waals surface area contributed by atoms with Crippen LogP contribution in [0.3, 0.4) is 0 Å². The van der Waals surface area contributed by atoms with Crippen LogP contribution in [-0.4, -0.2) is 25.3 Å². The molecular weight excluding hydrogens is 216 g/mol. The fourth-order valence-corrected chi connectivity index (χ4v) is 1.38. The van der Waals surface area contributed by atoms with Crippen LogP contribution in [0.1, 0.15) is 20.3 Å². The first-order chi connectivity index (χ1) is 8.22. The second-order valence-corrected chi connectivity index (χ2v) is 3.91. The molecular formula is C13H20N2O2. The first-order valence-corrected chi connectivity index (χ1v) is 5.95. The lowest BCUT2D eigenvalue weighted by Crippen LogP contribution is -2.30. The summed E-state index contributed by atoms with van der Waals surface area (Å²) in [5.41, 5.74) is 0.742. The molecule has 0 aliphatic heterocycles. The molecule has 0 aromatic heterocycles. The fourth-order valence-electron chi connectivity index (χ4n) is 1.38. The van der Waals surface area contributed by atoms with Gasteiger partial charge in [0.25, 0.3) is 0 Å². The number of hydrogen-bond donors (Lipinski definition) is 2. The number of benzene rings is 1.